The molecular weight excluding hydrogens is 376 g/mol. The van der Waals surface area contributed by atoms with Gasteiger partial charge in [-0.05, 0) is 24.1 Å². The minimum absolute atomic E-state index is 0.0786. The molecule has 9 heteroatoms. The lowest BCUT2D eigenvalue weighted by Gasteiger charge is -2.48. The van der Waals surface area contributed by atoms with E-state index in [1.54, 1.807) is 33.3 Å². The Morgan fingerprint density at radius 1 is 1.27 bits per heavy atom. The molecule has 2 aromatic rings. The van der Waals surface area contributed by atoms with E-state index in [2.05, 4.69) is 5.10 Å². The number of hydrogen-bond donors (Lipinski definition) is 0. The van der Waals surface area contributed by atoms with Crippen molar-refractivity contribution in [2.75, 3.05) is 27.2 Å². The van der Waals surface area contributed by atoms with E-state index >= 15 is 0 Å². The minimum Gasteiger partial charge on any atom is -0.348 e. The molecule has 1 aliphatic rings. The topological polar surface area (TPSA) is 75.5 Å². The van der Waals surface area contributed by atoms with Gasteiger partial charge in [-0.2, -0.15) is 9.40 Å². The summed E-state index contributed by atoms with van der Waals surface area (Å²) in [5, 5.41) is 4.54. The third kappa shape index (κ3) is 3.36. The molecule has 1 fully saturated rings. The molecule has 3 rings (SSSR count). The van der Waals surface area contributed by atoms with Gasteiger partial charge in [-0.3, -0.25) is 9.48 Å². The van der Waals surface area contributed by atoms with Crippen molar-refractivity contribution in [1.29, 1.82) is 0 Å². The lowest BCUT2D eigenvalue weighted by atomic mass is 9.75. The number of nitrogens with zero attached hydrogens (tertiary/aromatic N) is 4. The van der Waals surface area contributed by atoms with Gasteiger partial charge in [-0.25, -0.2) is 8.42 Å². The largest absolute Gasteiger partial charge is 0.348 e. The molecule has 0 unspecified atom stereocenters. The Kier molecular flexibility index (Phi) is 4.85. The molecule has 140 valence electrons. The van der Waals surface area contributed by atoms with E-state index in [0.29, 0.717) is 11.4 Å². The van der Waals surface area contributed by atoms with E-state index in [4.69, 9.17) is 11.6 Å². The van der Waals surface area contributed by atoms with Crippen LogP contribution < -0.4 is 0 Å². The van der Waals surface area contributed by atoms with Crippen molar-refractivity contribution in [3.05, 3.63) is 47.2 Å². The molecular formula is C17H21ClN4O3S. The highest BCUT2D eigenvalue weighted by Gasteiger charge is 2.54. The van der Waals surface area contributed by atoms with E-state index in [1.807, 2.05) is 12.1 Å². The van der Waals surface area contributed by atoms with Crippen molar-refractivity contribution >= 4 is 27.5 Å². The van der Waals surface area contributed by atoms with Crippen LogP contribution >= 0.6 is 11.6 Å². The van der Waals surface area contributed by atoms with Crippen molar-refractivity contribution in [3.8, 4) is 0 Å². The molecule has 0 bridgehead atoms. The van der Waals surface area contributed by atoms with Gasteiger partial charge in [-0.1, -0.05) is 23.7 Å². The zero-order valence-corrected chi connectivity index (χ0v) is 16.5. The van der Waals surface area contributed by atoms with Crippen LogP contribution in [-0.2, 0) is 28.3 Å². The number of carbonyl (C=O) groups is 1. The summed E-state index contributed by atoms with van der Waals surface area (Å²) in [6, 6.07) is 7.28. The van der Waals surface area contributed by atoms with E-state index < -0.39 is 15.4 Å². The Hall–Kier alpha value is -1.90. The first-order valence-corrected chi connectivity index (χ1v) is 9.91. The number of carbonyl (C=O) groups excluding carboxylic acids is 1. The summed E-state index contributed by atoms with van der Waals surface area (Å²) in [4.78, 5) is 14.4. The Morgan fingerprint density at radius 3 is 2.38 bits per heavy atom. The van der Waals surface area contributed by atoms with Crippen LogP contribution in [0, 0.1) is 5.41 Å². The lowest BCUT2D eigenvalue weighted by Crippen LogP contribution is -2.65. The standard InChI is InChI=1S/C17H21ClN4O3S/c1-20(2)16(23)17(8-13-4-6-14(18)7-5-13)11-22(12-17)26(24,25)15-9-19-21(3)10-15/h4-7,9-10H,8,11-12H2,1-3H3. The molecule has 0 aliphatic carbocycles. The molecule has 1 aromatic carbocycles. The number of halogens is 1. The van der Waals surface area contributed by atoms with Crippen molar-refractivity contribution < 1.29 is 13.2 Å². The highest BCUT2D eigenvalue weighted by molar-refractivity contribution is 7.89. The highest BCUT2D eigenvalue weighted by Crippen LogP contribution is 2.39. The van der Waals surface area contributed by atoms with Gasteiger partial charge in [0.2, 0.25) is 15.9 Å². The zero-order valence-electron chi connectivity index (χ0n) is 14.9. The van der Waals surface area contributed by atoms with Gasteiger partial charge >= 0.3 is 0 Å². The first-order valence-electron chi connectivity index (χ1n) is 8.09. The van der Waals surface area contributed by atoms with Gasteiger partial charge in [0.1, 0.15) is 4.90 Å². The van der Waals surface area contributed by atoms with Crippen LogP contribution in [0.2, 0.25) is 5.02 Å². The molecule has 1 aromatic heterocycles. The van der Waals surface area contributed by atoms with E-state index in [0.717, 1.165) is 5.56 Å². The normalized spacial score (nSPS) is 16.9. The Balaban J connectivity index is 1.84. The molecule has 1 saturated heterocycles. The third-order valence-corrected chi connectivity index (χ3v) is 6.59. The third-order valence-electron chi connectivity index (χ3n) is 4.59. The number of hydrogen-bond acceptors (Lipinski definition) is 4. The molecule has 0 saturated carbocycles. The Labute approximate surface area is 158 Å². The van der Waals surface area contributed by atoms with Crippen LogP contribution in [0.25, 0.3) is 0 Å². The van der Waals surface area contributed by atoms with Crippen LogP contribution in [0.5, 0.6) is 0 Å². The van der Waals surface area contributed by atoms with E-state index in [9.17, 15) is 13.2 Å². The number of rotatable bonds is 5. The monoisotopic (exact) mass is 396 g/mol. The fourth-order valence-electron chi connectivity index (χ4n) is 3.27. The second-order valence-corrected chi connectivity index (χ2v) is 9.28. The maximum absolute atomic E-state index is 12.8. The summed E-state index contributed by atoms with van der Waals surface area (Å²) < 4.78 is 28.2. The molecule has 0 radical (unpaired) electrons. The molecule has 1 aliphatic heterocycles. The quantitative estimate of drug-likeness (QED) is 0.765. The van der Waals surface area contributed by atoms with Gasteiger partial charge in [0.15, 0.2) is 0 Å². The van der Waals surface area contributed by atoms with Crippen LogP contribution in [0.1, 0.15) is 5.56 Å². The summed E-state index contributed by atoms with van der Waals surface area (Å²) in [5.74, 6) is -0.0786. The molecule has 0 N–H and O–H groups in total. The van der Waals surface area contributed by atoms with E-state index in [-0.39, 0.29) is 23.9 Å². The average molecular weight is 397 g/mol. The fraction of sp³-hybridized carbons (Fsp3) is 0.412. The van der Waals surface area contributed by atoms with Crippen LogP contribution in [0.15, 0.2) is 41.6 Å². The predicted molar refractivity (Wildman–Crippen MR) is 98.2 cm³/mol. The van der Waals surface area contributed by atoms with Crippen LogP contribution in [-0.4, -0.2) is 60.5 Å². The molecule has 0 atom stereocenters. The van der Waals surface area contributed by atoms with Gasteiger partial charge in [-0.15, -0.1) is 0 Å². The van der Waals surface area contributed by atoms with Crippen LogP contribution in [0.3, 0.4) is 0 Å². The van der Waals surface area contributed by atoms with Crippen molar-refractivity contribution in [2.24, 2.45) is 12.5 Å². The summed E-state index contributed by atoms with van der Waals surface area (Å²) in [5.41, 5.74) is 0.176. The zero-order chi connectivity index (χ0) is 19.1. The molecule has 26 heavy (non-hydrogen) atoms. The number of sulfonamides is 1. The van der Waals surface area contributed by atoms with Crippen molar-refractivity contribution in [1.82, 2.24) is 19.0 Å². The van der Waals surface area contributed by atoms with E-state index in [1.165, 1.54) is 26.3 Å². The number of aryl methyl sites for hydroxylation is 1. The Morgan fingerprint density at radius 2 is 1.88 bits per heavy atom. The predicted octanol–water partition coefficient (Wildman–Crippen LogP) is 1.40. The summed E-state index contributed by atoms with van der Waals surface area (Å²) in [6.07, 6.45) is 3.24. The molecule has 7 nitrogen and oxygen atoms in total. The number of amides is 1. The molecule has 0 spiro atoms. The van der Waals surface area contributed by atoms with Gasteiger partial charge in [0.25, 0.3) is 0 Å². The number of benzene rings is 1. The molecule has 1 amide bonds. The highest BCUT2D eigenvalue weighted by atomic mass is 35.5. The first kappa shape index (κ1) is 18.9. The fourth-order valence-corrected chi connectivity index (χ4v) is 4.99. The Bertz CT molecular complexity index is 916. The average Bonchev–Trinajstić information content (AvgIpc) is 2.99. The van der Waals surface area contributed by atoms with Crippen LogP contribution in [0.4, 0.5) is 0 Å². The summed E-state index contributed by atoms with van der Waals surface area (Å²) >= 11 is 5.93. The smallest absolute Gasteiger partial charge is 0.246 e. The van der Waals surface area contributed by atoms with Gasteiger partial charge < -0.3 is 4.90 Å². The first-order chi connectivity index (χ1) is 12.1. The summed E-state index contributed by atoms with van der Waals surface area (Å²) in [7, 11) is 1.38. The maximum atomic E-state index is 12.8. The van der Waals surface area contributed by atoms with Crippen molar-refractivity contribution in [3.63, 3.8) is 0 Å². The maximum Gasteiger partial charge on any atom is 0.246 e. The SMILES string of the molecule is CN(C)C(=O)C1(Cc2ccc(Cl)cc2)CN(S(=O)(=O)c2cnn(C)c2)C1. The van der Waals surface area contributed by atoms with Gasteiger partial charge in [0, 0.05) is 45.5 Å². The van der Waals surface area contributed by atoms with Crippen molar-refractivity contribution in [2.45, 2.75) is 11.3 Å². The second-order valence-electron chi connectivity index (χ2n) is 6.91. The minimum atomic E-state index is -3.65. The molecule has 2 heterocycles. The second kappa shape index (κ2) is 6.68. The lowest BCUT2D eigenvalue weighted by molar-refractivity contribution is -0.146. The van der Waals surface area contributed by atoms with Gasteiger partial charge in [0.05, 0.1) is 11.6 Å². The summed E-state index contributed by atoms with van der Waals surface area (Å²) in [6.45, 7) is 0.285. The number of aromatic nitrogens is 2.